The second-order valence-corrected chi connectivity index (χ2v) is 7.23. The molecule has 2 aromatic carbocycles. The first-order valence-electron chi connectivity index (χ1n) is 10.0. The summed E-state index contributed by atoms with van der Waals surface area (Å²) in [7, 11) is 0. The molecule has 10 heteroatoms. The third kappa shape index (κ3) is 6.50. The number of benzene rings is 2. The van der Waals surface area contributed by atoms with E-state index in [0.29, 0.717) is 34.6 Å². The van der Waals surface area contributed by atoms with Crippen LogP contribution in [0.25, 0.3) is 0 Å². The number of hydrogen-bond acceptors (Lipinski definition) is 7. The SMILES string of the molecule is O=C(/C=C/Oc1ccccn1)Nc1cccc(Nc2cc(Nc3ccc(F)c(Cl)c3)ncn2)c1. The molecular weight excluding hydrogens is 459 g/mol. The summed E-state index contributed by atoms with van der Waals surface area (Å²) in [5.74, 6) is 0.527. The van der Waals surface area contributed by atoms with Gasteiger partial charge < -0.3 is 20.7 Å². The Morgan fingerprint density at radius 3 is 2.38 bits per heavy atom. The van der Waals surface area contributed by atoms with E-state index in [-0.39, 0.29) is 10.9 Å². The van der Waals surface area contributed by atoms with E-state index in [1.165, 1.54) is 30.8 Å². The molecule has 0 aliphatic heterocycles. The first-order chi connectivity index (χ1) is 16.5. The minimum atomic E-state index is -0.500. The fraction of sp³-hybridized carbons (Fsp3) is 0. The average Bonchev–Trinajstić information content (AvgIpc) is 2.83. The summed E-state index contributed by atoms with van der Waals surface area (Å²) in [5, 5.41) is 8.96. The van der Waals surface area contributed by atoms with Gasteiger partial charge >= 0.3 is 0 Å². The number of carbonyl (C=O) groups is 1. The number of halogens is 2. The van der Waals surface area contributed by atoms with Crippen LogP contribution < -0.4 is 20.7 Å². The number of ether oxygens (including phenoxy) is 1. The number of amides is 1. The van der Waals surface area contributed by atoms with Crippen LogP contribution in [-0.4, -0.2) is 20.9 Å². The molecule has 34 heavy (non-hydrogen) atoms. The van der Waals surface area contributed by atoms with Crippen molar-refractivity contribution in [2.45, 2.75) is 0 Å². The highest BCUT2D eigenvalue weighted by Gasteiger charge is 2.05. The lowest BCUT2D eigenvalue weighted by molar-refractivity contribution is -0.112. The molecule has 2 aromatic heterocycles. The van der Waals surface area contributed by atoms with E-state index in [9.17, 15) is 9.18 Å². The van der Waals surface area contributed by atoms with Crippen molar-refractivity contribution >= 4 is 46.2 Å². The van der Waals surface area contributed by atoms with Gasteiger partial charge in [-0.25, -0.2) is 19.3 Å². The van der Waals surface area contributed by atoms with Gasteiger partial charge in [-0.3, -0.25) is 4.79 Å². The van der Waals surface area contributed by atoms with Gasteiger partial charge in [0.05, 0.1) is 11.3 Å². The molecule has 0 saturated heterocycles. The summed E-state index contributed by atoms with van der Waals surface area (Å²) in [6.45, 7) is 0. The fourth-order valence-electron chi connectivity index (χ4n) is 2.80. The Hall–Kier alpha value is -4.50. The van der Waals surface area contributed by atoms with Crippen molar-refractivity contribution in [1.82, 2.24) is 15.0 Å². The minimum Gasteiger partial charge on any atom is -0.447 e. The molecule has 0 radical (unpaired) electrons. The maximum absolute atomic E-state index is 13.4. The third-order valence-corrected chi connectivity index (χ3v) is 4.60. The van der Waals surface area contributed by atoms with Crippen molar-refractivity contribution in [2.75, 3.05) is 16.0 Å². The predicted octanol–water partition coefficient (Wildman–Crippen LogP) is 5.68. The van der Waals surface area contributed by atoms with Crippen molar-refractivity contribution in [3.8, 4) is 5.88 Å². The summed E-state index contributed by atoms with van der Waals surface area (Å²) in [6, 6.07) is 18.3. The van der Waals surface area contributed by atoms with Gasteiger partial charge in [0.15, 0.2) is 0 Å². The predicted molar refractivity (Wildman–Crippen MR) is 129 cm³/mol. The molecule has 0 atom stereocenters. The van der Waals surface area contributed by atoms with Crippen LogP contribution in [0, 0.1) is 5.82 Å². The summed E-state index contributed by atoms with van der Waals surface area (Å²) in [4.78, 5) is 24.5. The second kappa shape index (κ2) is 10.9. The van der Waals surface area contributed by atoms with E-state index >= 15 is 0 Å². The molecule has 0 fully saturated rings. The molecule has 4 rings (SSSR count). The summed E-state index contributed by atoms with van der Waals surface area (Å²) >= 11 is 5.82. The van der Waals surface area contributed by atoms with Gasteiger partial charge in [0.1, 0.15) is 23.8 Å². The Bertz CT molecular complexity index is 1320. The van der Waals surface area contributed by atoms with E-state index in [0.717, 1.165) is 0 Å². The van der Waals surface area contributed by atoms with Crippen LogP contribution >= 0.6 is 11.6 Å². The molecule has 0 unspecified atom stereocenters. The van der Waals surface area contributed by atoms with Crippen LogP contribution in [0.2, 0.25) is 5.02 Å². The van der Waals surface area contributed by atoms with Crippen LogP contribution in [0.3, 0.4) is 0 Å². The van der Waals surface area contributed by atoms with E-state index < -0.39 is 5.82 Å². The largest absolute Gasteiger partial charge is 0.447 e. The summed E-state index contributed by atoms with van der Waals surface area (Å²) < 4.78 is 18.6. The van der Waals surface area contributed by atoms with Crippen LogP contribution in [-0.2, 0) is 4.79 Å². The quantitative estimate of drug-likeness (QED) is 0.222. The van der Waals surface area contributed by atoms with Gasteiger partial charge in [-0.15, -0.1) is 0 Å². The average molecular weight is 477 g/mol. The number of hydrogen-bond donors (Lipinski definition) is 3. The molecule has 1 amide bonds. The Kier molecular flexibility index (Phi) is 7.26. The minimum absolute atomic E-state index is 0.00871. The molecule has 3 N–H and O–H groups in total. The molecule has 2 heterocycles. The van der Waals surface area contributed by atoms with Crippen LogP contribution in [0.5, 0.6) is 5.88 Å². The summed E-state index contributed by atoms with van der Waals surface area (Å²) in [5.41, 5.74) is 1.85. The smallest absolute Gasteiger partial charge is 0.251 e. The Morgan fingerprint density at radius 1 is 0.882 bits per heavy atom. The van der Waals surface area contributed by atoms with E-state index in [2.05, 4.69) is 30.9 Å². The lowest BCUT2D eigenvalue weighted by atomic mass is 10.2. The Morgan fingerprint density at radius 2 is 1.65 bits per heavy atom. The molecule has 0 saturated carbocycles. The van der Waals surface area contributed by atoms with Crippen LogP contribution in [0.4, 0.5) is 33.1 Å². The lowest BCUT2D eigenvalue weighted by Crippen LogP contribution is -2.08. The standard InChI is InChI=1S/C24H18ClFN6O2/c25-19-13-18(7-8-20(19)26)31-22-14-21(28-15-29-22)30-16-4-3-5-17(12-16)32-23(33)9-11-34-24-6-1-2-10-27-24/h1-15H,(H,32,33)(H2,28,29,30,31)/b11-9+. The Balaban J connectivity index is 1.37. The number of anilines is 5. The van der Waals surface area contributed by atoms with Gasteiger partial charge in [-0.1, -0.05) is 23.7 Å². The zero-order valence-electron chi connectivity index (χ0n) is 17.6. The lowest BCUT2D eigenvalue weighted by Gasteiger charge is -2.10. The van der Waals surface area contributed by atoms with E-state index in [1.54, 1.807) is 54.7 Å². The molecular formula is C24H18ClFN6O2. The molecule has 0 spiro atoms. The molecule has 170 valence electrons. The highest BCUT2D eigenvalue weighted by molar-refractivity contribution is 6.31. The molecule has 0 aliphatic carbocycles. The second-order valence-electron chi connectivity index (χ2n) is 6.83. The van der Waals surface area contributed by atoms with Crippen molar-refractivity contribution in [2.24, 2.45) is 0 Å². The number of aromatic nitrogens is 3. The summed E-state index contributed by atoms with van der Waals surface area (Å²) in [6.07, 6.45) is 5.51. The zero-order chi connectivity index (χ0) is 23.8. The first-order valence-corrected chi connectivity index (χ1v) is 10.4. The number of nitrogens with zero attached hydrogens (tertiary/aromatic N) is 3. The molecule has 8 nitrogen and oxygen atoms in total. The third-order valence-electron chi connectivity index (χ3n) is 4.31. The van der Waals surface area contributed by atoms with Crippen molar-refractivity contribution in [3.63, 3.8) is 0 Å². The van der Waals surface area contributed by atoms with Gasteiger partial charge in [0.2, 0.25) is 5.88 Å². The van der Waals surface area contributed by atoms with Crippen molar-refractivity contribution < 1.29 is 13.9 Å². The van der Waals surface area contributed by atoms with E-state index in [4.69, 9.17) is 16.3 Å². The fourth-order valence-corrected chi connectivity index (χ4v) is 2.99. The first kappa shape index (κ1) is 22.7. The normalized spacial score (nSPS) is 10.6. The number of rotatable bonds is 8. The van der Waals surface area contributed by atoms with Crippen LogP contribution in [0.1, 0.15) is 0 Å². The molecule has 4 aromatic rings. The van der Waals surface area contributed by atoms with Gasteiger partial charge in [-0.2, -0.15) is 0 Å². The monoisotopic (exact) mass is 476 g/mol. The topological polar surface area (TPSA) is 101 Å². The number of pyridine rings is 1. The van der Waals surface area contributed by atoms with Gasteiger partial charge in [-0.05, 0) is 42.5 Å². The van der Waals surface area contributed by atoms with E-state index in [1.807, 2.05) is 6.07 Å². The molecule has 0 aliphatic rings. The van der Waals surface area contributed by atoms with Gasteiger partial charge in [0.25, 0.3) is 5.91 Å². The maximum Gasteiger partial charge on any atom is 0.251 e. The maximum atomic E-state index is 13.4. The van der Waals surface area contributed by atoms with Crippen LogP contribution in [0.15, 0.2) is 91.6 Å². The number of nitrogens with one attached hydrogen (secondary N) is 3. The molecule has 0 bridgehead atoms. The number of carbonyl (C=O) groups excluding carboxylic acids is 1. The van der Waals surface area contributed by atoms with Crippen molar-refractivity contribution in [1.29, 1.82) is 0 Å². The highest BCUT2D eigenvalue weighted by Crippen LogP contribution is 2.24. The zero-order valence-corrected chi connectivity index (χ0v) is 18.3. The van der Waals surface area contributed by atoms with Gasteiger partial charge in [0, 0.05) is 41.5 Å². The Labute approximate surface area is 199 Å². The highest BCUT2D eigenvalue weighted by atomic mass is 35.5. The van der Waals surface area contributed by atoms with Crippen molar-refractivity contribution in [3.05, 3.63) is 102 Å².